The van der Waals surface area contributed by atoms with E-state index in [0.717, 1.165) is 0 Å². The van der Waals surface area contributed by atoms with Gasteiger partial charge in [-0.15, -0.1) is 0 Å². The lowest BCUT2D eigenvalue weighted by Crippen LogP contribution is -2.66. The molecule has 66 heavy (non-hydrogen) atoms. The summed E-state index contributed by atoms with van der Waals surface area (Å²) >= 11 is 0. The fraction of sp³-hybridized carbons (Fsp3) is 0.619. The molecule has 0 aromatic heterocycles. The van der Waals surface area contributed by atoms with Gasteiger partial charge in [-0.25, -0.2) is 0 Å². The second-order valence-corrected chi connectivity index (χ2v) is 18.6. The van der Waals surface area contributed by atoms with Crippen LogP contribution >= 0.6 is 0 Å². The van der Waals surface area contributed by atoms with Gasteiger partial charge in [-0.3, -0.25) is 52.2 Å². The predicted molar refractivity (Wildman–Crippen MR) is 239 cm³/mol. The van der Waals surface area contributed by atoms with E-state index < -0.39 is 130 Å². The minimum atomic E-state index is -2.13. The summed E-state index contributed by atoms with van der Waals surface area (Å²) in [6.07, 6.45) is 0.506. The maximum absolute atomic E-state index is 14.5. The summed E-state index contributed by atoms with van der Waals surface area (Å²) in [5.41, 5.74) is 15.6. The van der Waals surface area contributed by atoms with Gasteiger partial charge in [0.25, 0.3) is 0 Å². The van der Waals surface area contributed by atoms with Crippen molar-refractivity contribution in [3.63, 3.8) is 0 Å². The minimum Gasteiger partial charge on any atom is -0.506 e. The molecule has 2 fully saturated rings. The van der Waals surface area contributed by atoms with Gasteiger partial charge in [0.05, 0.1) is 17.9 Å². The number of aliphatic carboxylic acids is 1. The Balaban J connectivity index is 2.09. The van der Waals surface area contributed by atoms with Crippen molar-refractivity contribution in [2.24, 2.45) is 17.4 Å². The Bertz CT molecular complexity index is 1990. The molecule has 1 heterocycles. The molecule has 9 amide bonds. The molecular formula is C42H64N10O13S. The Morgan fingerprint density at radius 1 is 0.803 bits per heavy atom. The topological polar surface area (TPSA) is 390 Å². The van der Waals surface area contributed by atoms with Crippen molar-refractivity contribution >= 4 is 75.6 Å². The van der Waals surface area contributed by atoms with E-state index in [9.17, 15) is 62.4 Å². The summed E-state index contributed by atoms with van der Waals surface area (Å²) in [6, 6.07) is -3.07. The number of hydrogen-bond donors (Lipinski definition) is 12. The van der Waals surface area contributed by atoms with Crippen LogP contribution in [0.25, 0.3) is 0 Å². The number of nitrogens with two attached hydrogens (primary N) is 3. The second-order valence-electron chi connectivity index (χ2n) is 17.1. The molecule has 1 saturated heterocycles. The Morgan fingerprint density at radius 2 is 1.47 bits per heavy atom. The van der Waals surface area contributed by atoms with Crippen LogP contribution in [-0.4, -0.2) is 127 Å². The maximum atomic E-state index is 14.5. The van der Waals surface area contributed by atoms with Crippen LogP contribution in [0.1, 0.15) is 103 Å². The summed E-state index contributed by atoms with van der Waals surface area (Å²) in [5.74, 6) is -10.8. The number of hydrogen-bond acceptors (Lipinski definition) is 13. The third-order valence-electron chi connectivity index (χ3n) is 11.0. The zero-order chi connectivity index (χ0) is 49.1. The number of nitrogen functional groups attached to an aromatic ring is 1. The summed E-state index contributed by atoms with van der Waals surface area (Å²) in [4.78, 5) is 132. The van der Waals surface area contributed by atoms with Crippen molar-refractivity contribution < 1.29 is 62.4 Å². The van der Waals surface area contributed by atoms with E-state index in [2.05, 4.69) is 37.2 Å². The lowest BCUT2D eigenvalue weighted by molar-refractivity contribution is -0.139. The number of primary amides is 2. The summed E-state index contributed by atoms with van der Waals surface area (Å²) in [5, 5.41) is 37.4. The van der Waals surface area contributed by atoms with Crippen molar-refractivity contribution in [3.8, 4) is 5.75 Å². The van der Waals surface area contributed by atoms with Crippen molar-refractivity contribution in [1.82, 2.24) is 37.2 Å². The third kappa shape index (κ3) is 17.9. The number of amides is 9. The van der Waals surface area contributed by atoms with Gasteiger partial charge in [0.1, 0.15) is 47.3 Å². The van der Waals surface area contributed by atoms with Crippen LogP contribution in [0.3, 0.4) is 0 Å². The molecule has 23 nitrogen and oxygen atoms in total. The molecule has 1 aromatic carbocycles. The first-order chi connectivity index (χ1) is 31.1. The number of nitrogens with one attached hydrogen (secondary N) is 7. The molecule has 1 saturated carbocycles. The molecule has 24 heteroatoms. The van der Waals surface area contributed by atoms with Crippen LogP contribution in [0.4, 0.5) is 5.69 Å². The van der Waals surface area contributed by atoms with Gasteiger partial charge in [0, 0.05) is 36.6 Å². The molecule has 1 aliphatic heterocycles. The monoisotopic (exact) mass is 948 g/mol. The van der Waals surface area contributed by atoms with Gasteiger partial charge in [0.2, 0.25) is 53.2 Å². The molecule has 1 spiro atoms. The highest BCUT2D eigenvalue weighted by Gasteiger charge is 2.44. The molecule has 366 valence electrons. The van der Waals surface area contributed by atoms with E-state index in [1.807, 2.05) is 0 Å². The number of carbonyl (C=O) groups is 10. The second kappa shape index (κ2) is 26.0. The standard InChI is InChI=1S/C42H64N10O13S/c1-23(2)17-27-39(62)50-28(19-24-12-13-31(53)25(43)18-24)40(63)52-42(14-5-3-6-15-42)41(64)51-29(20-32(44)54)37(60)46-16-7-4-10-33(55)48-30(36(45)59)21-66(65)22-34(56)47-26(38(61)49-27)9-8-11-35(57)58/h12-13,18,23,26-30,53H,3-11,14-17,19-22,43H2,1-2H3,(H2,44,54)(H2,45,59)(H,46,60)(H,47,56)(H,48,55)(H,49,61)(H,50,62)(H,51,64)(H,52,63)(H,57,58)/t26-,27-,28-,29-,30+,66-/m0/s1. The number of carbonyl (C=O) groups excluding carboxylic acids is 9. The molecule has 0 bridgehead atoms. The quantitative estimate of drug-likeness (QED) is 0.0805. The molecule has 1 aliphatic carbocycles. The maximum Gasteiger partial charge on any atom is 0.303 e. The number of anilines is 1. The van der Waals surface area contributed by atoms with Crippen LogP contribution in [-0.2, 0) is 65.2 Å². The molecule has 3 rings (SSSR count). The predicted octanol–water partition coefficient (Wildman–Crippen LogP) is -2.53. The Hall–Kier alpha value is -6.33. The largest absolute Gasteiger partial charge is 0.506 e. The normalized spacial score (nSPS) is 24.9. The SMILES string of the molecule is CC(C)C[C@@H]1NC(=O)[C@H](CCCC(=O)O)NC(=O)C[S@@](=O)C[C@H](C(N)=O)NC(=O)CCCCNC(=O)[C@H](CC(N)=O)NC(=O)C2(CCCCC2)NC(=O)[C@H](Cc2ccc(O)c(N)c2)NC1=O. The first-order valence-corrected chi connectivity index (χ1v) is 23.4. The van der Waals surface area contributed by atoms with Gasteiger partial charge in [-0.2, -0.15) is 0 Å². The van der Waals surface area contributed by atoms with Gasteiger partial charge < -0.3 is 64.6 Å². The number of phenols is 1. The summed E-state index contributed by atoms with van der Waals surface area (Å²) < 4.78 is 13.1. The Morgan fingerprint density at radius 3 is 2.09 bits per heavy atom. The van der Waals surface area contributed by atoms with Crippen molar-refractivity contribution in [2.45, 2.75) is 139 Å². The Kier molecular flexibility index (Phi) is 21.3. The smallest absolute Gasteiger partial charge is 0.303 e. The number of carboxylic acid groups (broad SMARTS) is 1. The van der Waals surface area contributed by atoms with Crippen LogP contribution in [0, 0.1) is 5.92 Å². The molecule has 1 aromatic rings. The number of benzene rings is 1. The number of aromatic hydroxyl groups is 1. The summed E-state index contributed by atoms with van der Waals surface area (Å²) in [7, 11) is -2.13. The van der Waals surface area contributed by atoms with Crippen molar-refractivity contribution in [1.29, 1.82) is 0 Å². The van der Waals surface area contributed by atoms with E-state index in [4.69, 9.17) is 17.2 Å². The lowest BCUT2D eigenvalue weighted by atomic mass is 9.80. The van der Waals surface area contributed by atoms with Gasteiger partial charge >= 0.3 is 5.97 Å². The third-order valence-corrected chi connectivity index (χ3v) is 12.3. The summed E-state index contributed by atoms with van der Waals surface area (Å²) in [6.45, 7) is 3.48. The van der Waals surface area contributed by atoms with E-state index in [-0.39, 0.29) is 81.7 Å². The fourth-order valence-corrected chi connectivity index (χ4v) is 8.69. The van der Waals surface area contributed by atoms with Crippen LogP contribution in [0.2, 0.25) is 0 Å². The molecule has 2 aliphatic rings. The first-order valence-electron chi connectivity index (χ1n) is 21.9. The molecule has 6 atom stereocenters. The zero-order valence-corrected chi connectivity index (χ0v) is 38.1. The van der Waals surface area contributed by atoms with E-state index in [0.29, 0.717) is 24.8 Å². The first kappa shape index (κ1) is 54.0. The van der Waals surface area contributed by atoms with Gasteiger partial charge in [-0.1, -0.05) is 39.2 Å². The minimum absolute atomic E-state index is 0.00619. The highest BCUT2D eigenvalue weighted by molar-refractivity contribution is 7.85. The van der Waals surface area contributed by atoms with E-state index >= 15 is 0 Å². The molecular weight excluding hydrogens is 885 g/mol. The van der Waals surface area contributed by atoms with Crippen LogP contribution in [0.5, 0.6) is 5.75 Å². The number of rotatable bonds is 11. The fourth-order valence-electron chi connectivity index (χ4n) is 7.58. The van der Waals surface area contributed by atoms with Crippen LogP contribution in [0.15, 0.2) is 18.2 Å². The van der Waals surface area contributed by atoms with Crippen molar-refractivity contribution in [3.05, 3.63) is 23.8 Å². The van der Waals surface area contributed by atoms with Gasteiger partial charge in [-0.05, 0) is 68.6 Å². The Labute approximate surface area is 384 Å². The van der Waals surface area contributed by atoms with E-state index in [1.54, 1.807) is 13.8 Å². The van der Waals surface area contributed by atoms with Gasteiger partial charge in [0.15, 0.2) is 0 Å². The molecule has 0 radical (unpaired) electrons. The highest BCUT2D eigenvalue weighted by Crippen LogP contribution is 2.29. The van der Waals surface area contributed by atoms with Crippen LogP contribution < -0.4 is 54.4 Å². The highest BCUT2D eigenvalue weighted by atomic mass is 32.2. The zero-order valence-electron chi connectivity index (χ0n) is 37.2. The number of carboxylic acids is 1. The lowest BCUT2D eigenvalue weighted by Gasteiger charge is -2.38. The van der Waals surface area contributed by atoms with Crippen molar-refractivity contribution in [2.75, 3.05) is 23.8 Å². The molecule has 15 N–H and O–H groups in total. The average Bonchev–Trinajstić information content (AvgIpc) is 3.22. The van der Waals surface area contributed by atoms with E-state index in [1.165, 1.54) is 18.2 Å². The average molecular weight is 949 g/mol. The number of phenolic OH excluding ortho intramolecular Hbond substituents is 1. The molecule has 0 unspecified atom stereocenters.